The van der Waals surface area contributed by atoms with Crippen LogP contribution in [-0.4, -0.2) is 17.3 Å². The number of carbonyl (C=O) groups excluding carboxylic acids is 1. The lowest BCUT2D eigenvalue weighted by Gasteiger charge is -2.16. The lowest BCUT2D eigenvalue weighted by atomic mass is 10.0. The molecule has 0 unspecified atom stereocenters. The van der Waals surface area contributed by atoms with Gasteiger partial charge in [-0.3, -0.25) is 15.0 Å². The molecule has 0 saturated carbocycles. The Morgan fingerprint density at radius 1 is 1.18 bits per heavy atom. The summed E-state index contributed by atoms with van der Waals surface area (Å²) in [4.78, 5) is 15.7. The summed E-state index contributed by atoms with van der Waals surface area (Å²) in [6.07, 6.45) is 3.92. The molecule has 1 heterocycles. The number of aliphatic imine (C=N–C) groups is 1. The van der Waals surface area contributed by atoms with E-state index in [2.05, 4.69) is 16.4 Å². The molecule has 3 rings (SSSR count). The largest absolute Gasteiger partial charge is 0.381 e. The van der Waals surface area contributed by atoms with Crippen LogP contribution in [0.3, 0.4) is 0 Å². The van der Waals surface area contributed by atoms with Crippen molar-refractivity contribution in [1.82, 2.24) is 5.48 Å². The molecule has 2 aromatic rings. The number of hydrogen-bond acceptors (Lipinski definition) is 4. The van der Waals surface area contributed by atoms with Gasteiger partial charge in [0.25, 0.3) is 5.91 Å². The van der Waals surface area contributed by atoms with Crippen molar-refractivity contribution in [2.75, 3.05) is 5.32 Å². The molecule has 3 N–H and O–H groups in total. The van der Waals surface area contributed by atoms with Gasteiger partial charge in [-0.1, -0.05) is 18.2 Å². The summed E-state index contributed by atoms with van der Waals surface area (Å²) < 4.78 is 0. The van der Waals surface area contributed by atoms with Gasteiger partial charge in [-0.15, -0.1) is 0 Å². The summed E-state index contributed by atoms with van der Waals surface area (Å²) in [5.41, 5.74) is 6.50. The molecule has 0 aromatic heterocycles. The fourth-order valence-electron chi connectivity index (χ4n) is 2.53. The number of anilines is 1. The Hall–Kier alpha value is -2.66. The minimum atomic E-state index is -0.505. The Bertz CT molecular complexity index is 708. The second-order valence-electron chi connectivity index (χ2n) is 5.15. The molecule has 0 radical (unpaired) electrons. The third kappa shape index (κ3) is 2.99. The topological polar surface area (TPSA) is 73.7 Å². The van der Waals surface area contributed by atoms with Crippen molar-refractivity contribution >= 4 is 23.5 Å². The third-order valence-electron chi connectivity index (χ3n) is 3.71. The van der Waals surface area contributed by atoms with Crippen molar-refractivity contribution < 1.29 is 10.0 Å². The highest BCUT2D eigenvalue weighted by Crippen LogP contribution is 2.30. The summed E-state index contributed by atoms with van der Waals surface area (Å²) in [6.45, 7) is 0.668. The lowest BCUT2D eigenvalue weighted by molar-refractivity contribution is 0.0706. The molecule has 2 aromatic carbocycles. The molecule has 0 fully saturated rings. The predicted molar refractivity (Wildman–Crippen MR) is 85.9 cm³/mol. The fraction of sp³-hybridized carbons (Fsp3) is 0.176. The summed E-state index contributed by atoms with van der Waals surface area (Å²) in [6, 6.07) is 13.2. The molecule has 0 atom stereocenters. The van der Waals surface area contributed by atoms with Crippen LogP contribution in [0.1, 0.15) is 27.9 Å². The number of nitrogens with zero attached hydrogens (tertiary/aromatic N) is 1. The zero-order chi connectivity index (χ0) is 15.4. The van der Waals surface area contributed by atoms with Gasteiger partial charge in [0.15, 0.2) is 0 Å². The molecule has 0 saturated heterocycles. The fourth-order valence-corrected chi connectivity index (χ4v) is 2.53. The molecule has 0 aliphatic carbocycles. The van der Waals surface area contributed by atoms with Gasteiger partial charge in [0.1, 0.15) is 0 Å². The number of nitrogens with one attached hydrogen (secondary N) is 2. The van der Waals surface area contributed by atoms with Crippen LogP contribution in [0, 0.1) is 0 Å². The quantitative estimate of drug-likeness (QED) is 0.599. The van der Waals surface area contributed by atoms with Gasteiger partial charge < -0.3 is 5.32 Å². The molecular formula is C17H17N3O2. The predicted octanol–water partition coefficient (Wildman–Crippen LogP) is 3.07. The van der Waals surface area contributed by atoms with Crippen molar-refractivity contribution in [3.05, 3.63) is 59.2 Å². The second kappa shape index (κ2) is 6.41. The maximum absolute atomic E-state index is 11.3. The molecule has 1 aliphatic rings. The minimum Gasteiger partial charge on any atom is -0.381 e. The smallest absolute Gasteiger partial charge is 0.274 e. The number of hydroxylamine groups is 1. The Morgan fingerprint density at radius 2 is 2.00 bits per heavy atom. The first-order valence-corrected chi connectivity index (χ1v) is 7.19. The molecule has 5 nitrogen and oxygen atoms in total. The number of benzene rings is 2. The van der Waals surface area contributed by atoms with Gasteiger partial charge in [-0.25, -0.2) is 5.48 Å². The zero-order valence-corrected chi connectivity index (χ0v) is 12.0. The first-order valence-electron chi connectivity index (χ1n) is 7.19. The van der Waals surface area contributed by atoms with Crippen LogP contribution in [0.15, 0.2) is 47.5 Å². The first kappa shape index (κ1) is 14.3. The molecule has 1 amide bonds. The van der Waals surface area contributed by atoms with Gasteiger partial charge in [-0.2, -0.15) is 0 Å². The van der Waals surface area contributed by atoms with Crippen molar-refractivity contribution in [2.45, 2.75) is 19.4 Å². The van der Waals surface area contributed by atoms with Crippen LogP contribution in [-0.2, 0) is 13.0 Å². The maximum Gasteiger partial charge on any atom is 0.274 e. The van der Waals surface area contributed by atoms with Crippen LogP contribution in [0.25, 0.3) is 0 Å². The summed E-state index contributed by atoms with van der Waals surface area (Å²) >= 11 is 0. The summed E-state index contributed by atoms with van der Waals surface area (Å²) in [7, 11) is 0. The van der Waals surface area contributed by atoms with E-state index in [1.54, 1.807) is 17.6 Å². The van der Waals surface area contributed by atoms with Crippen LogP contribution in [0.5, 0.6) is 0 Å². The van der Waals surface area contributed by atoms with Gasteiger partial charge in [0, 0.05) is 29.6 Å². The number of fused-ring (bicyclic) bond motifs is 1. The van der Waals surface area contributed by atoms with E-state index in [1.807, 2.05) is 30.5 Å². The highest BCUT2D eigenvalue weighted by Gasteiger charge is 2.10. The molecule has 112 valence electrons. The van der Waals surface area contributed by atoms with E-state index in [1.165, 1.54) is 5.56 Å². The number of amides is 1. The molecule has 0 spiro atoms. The molecule has 1 aliphatic heterocycles. The SMILES string of the molecule is O=C(NO)c1ccc(CNc2cccc3c2CCC=N3)cc1. The van der Waals surface area contributed by atoms with E-state index in [9.17, 15) is 4.79 Å². The van der Waals surface area contributed by atoms with E-state index in [0.717, 1.165) is 29.8 Å². The average molecular weight is 295 g/mol. The van der Waals surface area contributed by atoms with Crippen molar-refractivity contribution in [1.29, 1.82) is 0 Å². The molecular weight excluding hydrogens is 278 g/mol. The Morgan fingerprint density at radius 3 is 2.77 bits per heavy atom. The first-order chi connectivity index (χ1) is 10.8. The highest BCUT2D eigenvalue weighted by molar-refractivity contribution is 5.93. The number of carbonyl (C=O) groups is 1. The maximum atomic E-state index is 11.3. The van der Waals surface area contributed by atoms with Gasteiger partial charge in [-0.05, 0) is 42.7 Å². The zero-order valence-electron chi connectivity index (χ0n) is 12.0. The van der Waals surface area contributed by atoms with Crippen LogP contribution >= 0.6 is 0 Å². The van der Waals surface area contributed by atoms with Crippen LogP contribution < -0.4 is 10.8 Å². The average Bonchev–Trinajstić information content (AvgIpc) is 2.59. The molecule has 22 heavy (non-hydrogen) atoms. The van der Waals surface area contributed by atoms with E-state index in [4.69, 9.17) is 5.21 Å². The standard InChI is InChI=1S/C17H17N3O2/c21-17(20-22)13-8-6-12(7-9-13)11-19-16-5-1-4-15-14(16)3-2-10-18-15/h1,4-10,19,22H,2-3,11H2,(H,20,21). The van der Waals surface area contributed by atoms with Crippen LogP contribution in [0.2, 0.25) is 0 Å². The lowest BCUT2D eigenvalue weighted by Crippen LogP contribution is -2.18. The second-order valence-corrected chi connectivity index (χ2v) is 5.15. The Balaban J connectivity index is 1.71. The van der Waals surface area contributed by atoms with E-state index >= 15 is 0 Å². The number of hydrogen-bond donors (Lipinski definition) is 3. The van der Waals surface area contributed by atoms with E-state index in [-0.39, 0.29) is 0 Å². The molecule has 5 heteroatoms. The normalized spacial score (nSPS) is 12.6. The monoisotopic (exact) mass is 295 g/mol. The van der Waals surface area contributed by atoms with E-state index in [0.29, 0.717) is 12.1 Å². The van der Waals surface area contributed by atoms with E-state index < -0.39 is 5.91 Å². The van der Waals surface area contributed by atoms with Crippen molar-refractivity contribution in [3.63, 3.8) is 0 Å². The highest BCUT2D eigenvalue weighted by atomic mass is 16.5. The minimum absolute atomic E-state index is 0.428. The van der Waals surface area contributed by atoms with Crippen molar-refractivity contribution in [2.24, 2.45) is 4.99 Å². The Labute approximate surface area is 128 Å². The Kier molecular flexibility index (Phi) is 4.16. The molecule has 0 bridgehead atoms. The summed E-state index contributed by atoms with van der Waals surface area (Å²) in [5, 5.41) is 12.0. The van der Waals surface area contributed by atoms with Gasteiger partial charge in [0.05, 0.1) is 5.69 Å². The number of rotatable bonds is 4. The van der Waals surface area contributed by atoms with Crippen molar-refractivity contribution in [3.8, 4) is 0 Å². The van der Waals surface area contributed by atoms with Gasteiger partial charge in [0.2, 0.25) is 0 Å². The van der Waals surface area contributed by atoms with Gasteiger partial charge >= 0.3 is 0 Å². The third-order valence-corrected chi connectivity index (χ3v) is 3.71. The van der Waals surface area contributed by atoms with Crippen LogP contribution in [0.4, 0.5) is 11.4 Å². The summed E-state index contributed by atoms with van der Waals surface area (Å²) in [5.74, 6) is -0.505.